The van der Waals surface area contributed by atoms with E-state index >= 15 is 0 Å². The number of carbonyl (C=O) groups excluding carboxylic acids is 4. The van der Waals surface area contributed by atoms with Gasteiger partial charge in [0.25, 0.3) is 0 Å². The van der Waals surface area contributed by atoms with Crippen LogP contribution in [-0.2, 0) is 14.3 Å². The molecule has 62 heavy (non-hydrogen) atoms. The maximum Gasteiger partial charge on any atom is 0.407 e. The highest BCUT2D eigenvalue weighted by Gasteiger charge is 2.38. The van der Waals surface area contributed by atoms with Crippen molar-refractivity contribution in [3.8, 4) is 34.4 Å². The van der Waals surface area contributed by atoms with Gasteiger partial charge in [-0.2, -0.15) is 0 Å². The predicted molar refractivity (Wildman–Crippen MR) is 231 cm³/mol. The summed E-state index contributed by atoms with van der Waals surface area (Å²) in [4.78, 5) is 73.8. The number of carbonyl (C=O) groups is 4. The van der Waals surface area contributed by atoms with E-state index in [1.807, 2.05) is 83.8 Å². The number of imidazole rings is 2. The molecule has 15 nitrogen and oxygen atoms in total. The Morgan fingerprint density at radius 2 is 1.23 bits per heavy atom. The number of ether oxygens (including phenoxy) is 1. The number of aromatic nitrogens is 4. The number of amides is 5. The summed E-state index contributed by atoms with van der Waals surface area (Å²) in [6.07, 6.45) is 6.72. The Morgan fingerprint density at radius 3 is 1.74 bits per heavy atom. The number of aliphatic hydroxyl groups excluding tert-OH is 1. The molecule has 3 fully saturated rings. The number of H-pyrrole nitrogens is 2. The molecule has 8 rings (SSSR count). The molecule has 0 bridgehead atoms. The second-order valence-electron chi connectivity index (χ2n) is 16.0. The molecule has 320 valence electrons. The molecular formula is C47H51N9O6. The van der Waals surface area contributed by atoms with Crippen LogP contribution < -0.4 is 10.6 Å². The second kappa shape index (κ2) is 18.8. The number of likely N-dealkylation sites (tertiary alicyclic amines) is 3. The van der Waals surface area contributed by atoms with Crippen LogP contribution in [0.15, 0.2) is 91.3 Å². The van der Waals surface area contributed by atoms with E-state index < -0.39 is 24.3 Å². The van der Waals surface area contributed by atoms with Crippen LogP contribution in [-0.4, -0.2) is 109 Å². The van der Waals surface area contributed by atoms with Crippen LogP contribution >= 0.6 is 0 Å². The topological polar surface area (TPSA) is 189 Å². The van der Waals surface area contributed by atoms with Crippen molar-refractivity contribution in [3.05, 3.63) is 120 Å². The van der Waals surface area contributed by atoms with Crippen molar-refractivity contribution in [2.24, 2.45) is 0 Å². The van der Waals surface area contributed by atoms with E-state index in [4.69, 9.17) is 4.98 Å². The van der Waals surface area contributed by atoms with Crippen molar-refractivity contribution in [1.29, 1.82) is 0 Å². The summed E-state index contributed by atoms with van der Waals surface area (Å²) in [5, 5.41) is 15.5. The number of alkyl carbamates (subject to hydrolysis) is 1. The number of rotatable bonds is 9. The number of nitrogens with one attached hydrogen (secondary N) is 4. The van der Waals surface area contributed by atoms with Gasteiger partial charge < -0.3 is 45.1 Å². The van der Waals surface area contributed by atoms with E-state index in [1.54, 1.807) is 29.1 Å². The van der Waals surface area contributed by atoms with Gasteiger partial charge in [-0.3, -0.25) is 9.59 Å². The fraction of sp³-hybridized carbons (Fsp3) is 0.362. The van der Waals surface area contributed by atoms with E-state index in [2.05, 4.69) is 42.2 Å². The molecule has 4 atom stereocenters. The van der Waals surface area contributed by atoms with Gasteiger partial charge in [0.2, 0.25) is 11.8 Å². The molecule has 3 aliphatic heterocycles. The van der Waals surface area contributed by atoms with Crippen LogP contribution in [0.5, 0.6) is 0 Å². The normalized spacial score (nSPS) is 18.7. The molecule has 1 unspecified atom stereocenters. The summed E-state index contributed by atoms with van der Waals surface area (Å²) in [6.45, 7) is 3.67. The molecule has 5 amide bonds. The standard InChI is InChI=1S/C47H51N9O6/c1-30(50-47(61)62-2)44(58)55-24-6-10-39(55)42-48-28-37(51-42)33-18-14-31(15-19-33)12-13-32-16-20-34(21-17-32)38-29-49-43(52-38)40-11-7-25-56(40)45(59)41(35-8-4-3-5-9-35)53-46(60)54-26-22-36(57)23-27-54/h3-5,8-9,14-21,28-30,36,39-41,57H,6-7,10-11,22-27H2,1-2H3,(H,48,51)(H,49,52)(H,50,61)(H,53,60)/t30?,39-,40-,41+/m0/s1. The molecule has 5 heterocycles. The van der Waals surface area contributed by atoms with E-state index in [1.165, 1.54) is 7.11 Å². The second-order valence-corrected chi connectivity index (χ2v) is 16.0. The average molecular weight is 838 g/mol. The molecule has 5 aromatic rings. The summed E-state index contributed by atoms with van der Waals surface area (Å²) in [5.74, 6) is 7.54. The summed E-state index contributed by atoms with van der Waals surface area (Å²) in [6, 6.07) is 22.8. The Labute approximate surface area is 360 Å². The average Bonchev–Trinajstić information content (AvgIpc) is 4.15. The maximum atomic E-state index is 14.3. The number of aromatic amines is 2. The fourth-order valence-electron chi connectivity index (χ4n) is 8.47. The van der Waals surface area contributed by atoms with Crippen LogP contribution in [0.25, 0.3) is 22.5 Å². The van der Waals surface area contributed by atoms with Gasteiger partial charge >= 0.3 is 12.1 Å². The van der Waals surface area contributed by atoms with Gasteiger partial charge in [-0.1, -0.05) is 66.4 Å². The van der Waals surface area contributed by atoms with Crippen molar-refractivity contribution in [1.82, 2.24) is 45.3 Å². The Hall–Kier alpha value is -6.92. The van der Waals surface area contributed by atoms with Crippen LogP contribution in [0.1, 0.15) is 91.9 Å². The van der Waals surface area contributed by atoms with Gasteiger partial charge in [0.05, 0.1) is 49.1 Å². The third kappa shape index (κ3) is 9.35. The molecule has 0 aliphatic carbocycles. The third-order valence-electron chi connectivity index (χ3n) is 11.9. The third-order valence-corrected chi connectivity index (χ3v) is 11.9. The van der Waals surface area contributed by atoms with Crippen molar-refractivity contribution < 1.29 is 29.0 Å². The van der Waals surface area contributed by atoms with Gasteiger partial charge in [0.15, 0.2) is 0 Å². The van der Waals surface area contributed by atoms with Gasteiger partial charge in [-0.05, 0) is 86.4 Å². The highest BCUT2D eigenvalue weighted by Crippen LogP contribution is 2.35. The molecule has 15 heteroatoms. The highest BCUT2D eigenvalue weighted by atomic mass is 16.5. The fourth-order valence-corrected chi connectivity index (χ4v) is 8.47. The lowest BCUT2D eigenvalue weighted by atomic mass is 10.0. The quantitative estimate of drug-likeness (QED) is 0.114. The number of nitrogens with zero attached hydrogens (tertiary/aromatic N) is 5. The molecule has 3 saturated heterocycles. The van der Waals surface area contributed by atoms with Crippen molar-refractivity contribution in [2.75, 3.05) is 33.3 Å². The number of urea groups is 1. The van der Waals surface area contributed by atoms with Crippen LogP contribution in [0.4, 0.5) is 9.59 Å². The first-order valence-electron chi connectivity index (χ1n) is 21.2. The zero-order valence-electron chi connectivity index (χ0n) is 34.8. The lowest BCUT2D eigenvalue weighted by Crippen LogP contribution is -2.50. The maximum absolute atomic E-state index is 14.3. The SMILES string of the molecule is COC(=O)NC(C)C(=O)N1CCC[C@H]1c1ncc(-c2ccc(C#Cc3ccc(-c4cnc([C@@H]5CCCN5C(=O)[C@H](NC(=O)N5CCC(O)CC5)c5ccccc5)[nH]4)cc3)cc2)[nH]1. The lowest BCUT2D eigenvalue weighted by molar-refractivity contribution is -0.135. The lowest BCUT2D eigenvalue weighted by Gasteiger charge is -2.33. The zero-order valence-corrected chi connectivity index (χ0v) is 34.8. The van der Waals surface area contributed by atoms with Crippen molar-refractivity contribution in [2.45, 2.75) is 75.7 Å². The Bertz CT molecular complexity index is 2430. The first-order chi connectivity index (χ1) is 30.1. The minimum absolute atomic E-state index is 0.181. The number of methoxy groups -OCH3 is 1. The Morgan fingerprint density at radius 1 is 0.710 bits per heavy atom. The van der Waals surface area contributed by atoms with Crippen molar-refractivity contribution >= 4 is 23.9 Å². The molecule has 2 aromatic heterocycles. The van der Waals surface area contributed by atoms with Gasteiger partial charge in [0, 0.05) is 37.3 Å². The zero-order chi connectivity index (χ0) is 43.2. The smallest absolute Gasteiger partial charge is 0.407 e. The molecule has 5 N–H and O–H groups in total. The summed E-state index contributed by atoms with van der Waals surface area (Å²) >= 11 is 0. The first kappa shape index (κ1) is 41.8. The summed E-state index contributed by atoms with van der Waals surface area (Å²) in [5.41, 5.74) is 5.96. The van der Waals surface area contributed by atoms with E-state index in [0.717, 1.165) is 59.3 Å². The molecule has 0 spiro atoms. The number of hydrogen-bond donors (Lipinski definition) is 5. The van der Waals surface area contributed by atoms with Gasteiger partial charge in [-0.25, -0.2) is 19.6 Å². The number of aliphatic hydroxyl groups is 1. The summed E-state index contributed by atoms with van der Waals surface area (Å²) < 4.78 is 4.65. The molecule has 3 aliphatic rings. The van der Waals surface area contributed by atoms with E-state index in [9.17, 15) is 24.3 Å². The van der Waals surface area contributed by atoms with Gasteiger partial charge in [-0.15, -0.1) is 0 Å². The van der Waals surface area contributed by atoms with Crippen LogP contribution in [0, 0.1) is 11.8 Å². The molecular weight excluding hydrogens is 787 g/mol. The number of hydrogen-bond acceptors (Lipinski definition) is 8. The van der Waals surface area contributed by atoms with E-state index in [-0.39, 0.29) is 29.9 Å². The predicted octanol–water partition coefficient (Wildman–Crippen LogP) is 5.85. The van der Waals surface area contributed by atoms with Crippen LogP contribution in [0.2, 0.25) is 0 Å². The van der Waals surface area contributed by atoms with Gasteiger partial charge in [0.1, 0.15) is 23.7 Å². The Kier molecular flexibility index (Phi) is 12.7. The van der Waals surface area contributed by atoms with E-state index in [0.29, 0.717) is 56.2 Å². The first-order valence-corrected chi connectivity index (χ1v) is 21.2. The minimum atomic E-state index is -0.857. The molecule has 0 radical (unpaired) electrons. The molecule has 3 aromatic carbocycles. The molecule has 0 saturated carbocycles. The highest BCUT2D eigenvalue weighted by molar-refractivity contribution is 5.89. The minimum Gasteiger partial charge on any atom is -0.453 e. The number of piperidine rings is 1. The largest absolute Gasteiger partial charge is 0.453 e. The Balaban J connectivity index is 0.891. The van der Waals surface area contributed by atoms with Crippen LogP contribution in [0.3, 0.4) is 0 Å². The monoisotopic (exact) mass is 837 g/mol. The van der Waals surface area contributed by atoms with Crippen molar-refractivity contribution in [3.63, 3.8) is 0 Å². The number of benzene rings is 3. The summed E-state index contributed by atoms with van der Waals surface area (Å²) in [7, 11) is 1.27.